The molecule has 27 heavy (non-hydrogen) atoms. The van der Waals surface area contributed by atoms with Crippen LogP contribution in [0.5, 0.6) is 0 Å². The molecule has 7 heteroatoms. The topological polar surface area (TPSA) is 101 Å². The molecule has 1 aliphatic carbocycles. The van der Waals surface area contributed by atoms with E-state index < -0.39 is 17.3 Å². The van der Waals surface area contributed by atoms with Gasteiger partial charge >= 0.3 is 5.97 Å². The Morgan fingerprint density at radius 1 is 1.07 bits per heavy atom. The van der Waals surface area contributed by atoms with Crippen molar-refractivity contribution in [3.63, 3.8) is 0 Å². The molecule has 0 saturated heterocycles. The summed E-state index contributed by atoms with van der Waals surface area (Å²) in [6, 6.07) is 12.4. The second-order valence-electron chi connectivity index (χ2n) is 7.00. The molecule has 2 N–H and O–H groups in total. The summed E-state index contributed by atoms with van der Waals surface area (Å²) in [5.41, 5.74) is 0.157. The summed E-state index contributed by atoms with van der Waals surface area (Å²) in [4.78, 5) is 36.0. The number of amides is 1. The van der Waals surface area contributed by atoms with Crippen LogP contribution in [0.4, 0.5) is 0 Å². The Balaban J connectivity index is 1.69. The Labute approximate surface area is 157 Å². The van der Waals surface area contributed by atoms with Gasteiger partial charge in [-0.2, -0.15) is 5.10 Å². The first-order chi connectivity index (χ1) is 13.0. The van der Waals surface area contributed by atoms with Crippen LogP contribution in [0.15, 0.2) is 47.3 Å². The quantitative estimate of drug-likeness (QED) is 0.812. The van der Waals surface area contributed by atoms with Gasteiger partial charge in [0.25, 0.3) is 5.56 Å². The van der Waals surface area contributed by atoms with Crippen LogP contribution in [0, 0.1) is 5.41 Å². The number of aromatic nitrogens is 2. The third-order valence-electron chi connectivity index (χ3n) is 5.12. The molecule has 0 spiro atoms. The van der Waals surface area contributed by atoms with E-state index in [9.17, 15) is 19.5 Å². The molecule has 1 fully saturated rings. The predicted molar refractivity (Wildman–Crippen MR) is 100 cm³/mol. The molecule has 2 aromatic rings. The summed E-state index contributed by atoms with van der Waals surface area (Å²) < 4.78 is 1.10. The minimum absolute atomic E-state index is 0.0777. The summed E-state index contributed by atoms with van der Waals surface area (Å²) in [6.45, 7) is -0.163. The van der Waals surface area contributed by atoms with E-state index in [0.29, 0.717) is 18.5 Å². The minimum atomic E-state index is -0.905. The zero-order chi connectivity index (χ0) is 19.3. The Hall–Kier alpha value is -2.96. The highest BCUT2D eigenvalue weighted by atomic mass is 16.4. The number of hydrogen-bond donors (Lipinski definition) is 2. The van der Waals surface area contributed by atoms with Crippen LogP contribution in [0.2, 0.25) is 0 Å². The molecule has 0 atom stereocenters. The van der Waals surface area contributed by atoms with Crippen molar-refractivity contribution in [2.75, 3.05) is 6.54 Å². The first kappa shape index (κ1) is 18.8. The SMILES string of the molecule is O=C(Cn1nc(-c2ccccc2)ccc1=O)NCC1(C(=O)O)CCCCC1. The molecule has 7 nitrogen and oxygen atoms in total. The molecule has 1 aromatic heterocycles. The molecule has 0 unspecified atom stereocenters. The average Bonchev–Trinajstić information content (AvgIpc) is 2.69. The Kier molecular flexibility index (Phi) is 5.69. The number of rotatable bonds is 6. The van der Waals surface area contributed by atoms with Crippen molar-refractivity contribution in [3.8, 4) is 11.3 Å². The fraction of sp³-hybridized carbons (Fsp3) is 0.400. The molecule has 1 aliphatic rings. The number of nitrogens with zero attached hydrogens (tertiary/aromatic N) is 2. The van der Waals surface area contributed by atoms with Crippen molar-refractivity contribution in [2.24, 2.45) is 5.41 Å². The van der Waals surface area contributed by atoms with Crippen molar-refractivity contribution in [1.82, 2.24) is 15.1 Å². The van der Waals surface area contributed by atoms with Gasteiger partial charge in [0.15, 0.2) is 0 Å². The Morgan fingerprint density at radius 2 is 1.78 bits per heavy atom. The summed E-state index contributed by atoms with van der Waals surface area (Å²) in [5, 5.41) is 16.5. The number of hydrogen-bond acceptors (Lipinski definition) is 4. The fourth-order valence-electron chi connectivity index (χ4n) is 3.48. The number of aliphatic carboxylic acids is 1. The second-order valence-corrected chi connectivity index (χ2v) is 7.00. The third kappa shape index (κ3) is 4.42. The van der Waals surface area contributed by atoms with Crippen LogP contribution >= 0.6 is 0 Å². The van der Waals surface area contributed by atoms with E-state index in [1.54, 1.807) is 6.07 Å². The predicted octanol–water partition coefficient (Wildman–Crippen LogP) is 2.06. The molecule has 1 saturated carbocycles. The van der Waals surface area contributed by atoms with E-state index in [1.165, 1.54) is 6.07 Å². The Morgan fingerprint density at radius 3 is 2.44 bits per heavy atom. The number of nitrogens with one attached hydrogen (secondary N) is 1. The highest BCUT2D eigenvalue weighted by Gasteiger charge is 2.39. The van der Waals surface area contributed by atoms with Crippen LogP contribution < -0.4 is 10.9 Å². The molecule has 3 rings (SSSR count). The minimum Gasteiger partial charge on any atom is -0.481 e. The van der Waals surface area contributed by atoms with Gasteiger partial charge in [0.05, 0.1) is 11.1 Å². The molecule has 0 radical (unpaired) electrons. The number of carboxylic acid groups (broad SMARTS) is 1. The largest absolute Gasteiger partial charge is 0.481 e. The van der Waals surface area contributed by atoms with E-state index in [-0.39, 0.29) is 18.6 Å². The monoisotopic (exact) mass is 369 g/mol. The van der Waals surface area contributed by atoms with E-state index >= 15 is 0 Å². The maximum absolute atomic E-state index is 12.3. The zero-order valence-corrected chi connectivity index (χ0v) is 15.1. The maximum Gasteiger partial charge on any atom is 0.311 e. The maximum atomic E-state index is 12.3. The standard InChI is InChI=1S/C20H23N3O4/c24-17(21-14-20(19(26)27)11-5-2-6-12-20)13-23-18(25)10-9-16(22-23)15-7-3-1-4-8-15/h1,3-4,7-10H,2,5-6,11-14H2,(H,21,24)(H,26,27). The van der Waals surface area contributed by atoms with E-state index in [2.05, 4.69) is 10.4 Å². The lowest BCUT2D eigenvalue weighted by atomic mass is 9.74. The van der Waals surface area contributed by atoms with Crippen molar-refractivity contribution in [3.05, 3.63) is 52.8 Å². The van der Waals surface area contributed by atoms with E-state index in [0.717, 1.165) is 29.5 Å². The summed E-state index contributed by atoms with van der Waals surface area (Å²) >= 11 is 0. The zero-order valence-electron chi connectivity index (χ0n) is 15.1. The second kappa shape index (κ2) is 8.16. The first-order valence-electron chi connectivity index (χ1n) is 9.14. The lowest BCUT2D eigenvalue weighted by Gasteiger charge is -2.33. The molecular weight excluding hydrogens is 346 g/mol. The fourth-order valence-corrected chi connectivity index (χ4v) is 3.48. The highest BCUT2D eigenvalue weighted by molar-refractivity contribution is 5.79. The molecule has 0 aliphatic heterocycles. The first-order valence-corrected chi connectivity index (χ1v) is 9.14. The molecule has 1 aromatic carbocycles. The van der Waals surface area contributed by atoms with Gasteiger partial charge in [-0.15, -0.1) is 0 Å². The van der Waals surface area contributed by atoms with Gasteiger partial charge in [-0.1, -0.05) is 49.6 Å². The van der Waals surface area contributed by atoms with Gasteiger partial charge in [-0.25, -0.2) is 4.68 Å². The average molecular weight is 369 g/mol. The smallest absolute Gasteiger partial charge is 0.311 e. The van der Waals surface area contributed by atoms with Crippen molar-refractivity contribution in [1.29, 1.82) is 0 Å². The van der Waals surface area contributed by atoms with Gasteiger partial charge in [0.2, 0.25) is 5.91 Å². The number of carbonyl (C=O) groups excluding carboxylic acids is 1. The molecule has 1 amide bonds. The van der Waals surface area contributed by atoms with Crippen LogP contribution in [0.3, 0.4) is 0 Å². The molecule has 0 bridgehead atoms. The van der Waals surface area contributed by atoms with Crippen LogP contribution in [0.1, 0.15) is 32.1 Å². The van der Waals surface area contributed by atoms with Crippen LogP contribution in [0.25, 0.3) is 11.3 Å². The number of carbonyl (C=O) groups is 2. The van der Waals surface area contributed by atoms with Gasteiger partial charge in [0.1, 0.15) is 6.54 Å². The van der Waals surface area contributed by atoms with Gasteiger partial charge < -0.3 is 10.4 Å². The highest BCUT2D eigenvalue weighted by Crippen LogP contribution is 2.35. The Bertz CT molecular complexity index is 870. The van der Waals surface area contributed by atoms with Gasteiger partial charge in [-0.05, 0) is 18.9 Å². The normalized spacial score (nSPS) is 15.9. The van der Waals surface area contributed by atoms with Crippen LogP contribution in [-0.2, 0) is 16.1 Å². The summed E-state index contributed by atoms with van der Waals surface area (Å²) in [5.74, 6) is -1.29. The molecular formula is C20H23N3O4. The van der Waals surface area contributed by atoms with Crippen molar-refractivity contribution >= 4 is 11.9 Å². The van der Waals surface area contributed by atoms with E-state index in [4.69, 9.17) is 0 Å². The lowest BCUT2D eigenvalue weighted by Crippen LogP contribution is -2.45. The molecule has 142 valence electrons. The van der Waals surface area contributed by atoms with Gasteiger partial charge in [0, 0.05) is 18.2 Å². The lowest BCUT2D eigenvalue weighted by molar-refractivity contribution is -0.151. The molecule has 1 heterocycles. The number of benzene rings is 1. The third-order valence-corrected chi connectivity index (χ3v) is 5.12. The number of carboxylic acids is 1. The van der Waals surface area contributed by atoms with Crippen molar-refractivity contribution in [2.45, 2.75) is 38.6 Å². The van der Waals surface area contributed by atoms with Gasteiger partial charge in [-0.3, -0.25) is 14.4 Å². The van der Waals surface area contributed by atoms with E-state index in [1.807, 2.05) is 30.3 Å². The van der Waals surface area contributed by atoms with Crippen LogP contribution in [-0.4, -0.2) is 33.3 Å². The van der Waals surface area contributed by atoms with Crippen molar-refractivity contribution < 1.29 is 14.7 Å². The summed E-state index contributed by atoms with van der Waals surface area (Å²) in [6.07, 6.45) is 3.84. The summed E-state index contributed by atoms with van der Waals surface area (Å²) in [7, 11) is 0.